The number of likely N-dealkylation sites (N-methyl/N-ethyl adjacent to an activating group) is 1. The molecule has 0 aliphatic heterocycles. The van der Waals surface area contributed by atoms with Gasteiger partial charge in [0.1, 0.15) is 5.65 Å². The van der Waals surface area contributed by atoms with E-state index in [2.05, 4.69) is 105 Å². The summed E-state index contributed by atoms with van der Waals surface area (Å²) in [6.07, 6.45) is 6.82. The van der Waals surface area contributed by atoms with Gasteiger partial charge in [-0.15, -0.1) is 0 Å². The van der Waals surface area contributed by atoms with Crippen LogP contribution in [0.15, 0.2) is 67.1 Å². The van der Waals surface area contributed by atoms with Gasteiger partial charge in [0.2, 0.25) is 5.91 Å². The quantitative estimate of drug-likeness (QED) is 0.167. The minimum Gasteiger partial charge on any atom is -0.354 e. The first-order chi connectivity index (χ1) is 20.1. The lowest BCUT2D eigenvalue weighted by Gasteiger charge is -2.31. The molecule has 1 atom stereocenters. The highest BCUT2D eigenvalue weighted by atomic mass is 16.2. The highest BCUT2D eigenvalue weighted by Crippen LogP contribution is 2.38. The fraction of sp³-hybridized carbons (Fsp3) is 0.389. The predicted molar refractivity (Wildman–Crippen MR) is 174 cm³/mol. The summed E-state index contributed by atoms with van der Waals surface area (Å²) < 4.78 is 2.04. The monoisotopic (exact) mass is 563 g/mol. The molecule has 6 heteroatoms. The van der Waals surface area contributed by atoms with Crippen molar-refractivity contribution in [2.45, 2.75) is 66.2 Å². The topological polar surface area (TPSA) is 65.4 Å². The molecular formula is C36H45N5O. The van der Waals surface area contributed by atoms with Crippen LogP contribution < -0.4 is 5.32 Å². The van der Waals surface area contributed by atoms with Crippen LogP contribution in [0.5, 0.6) is 0 Å². The van der Waals surface area contributed by atoms with E-state index in [1.54, 1.807) is 0 Å². The Bertz CT molecular complexity index is 1680. The van der Waals surface area contributed by atoms with Gasteiger partial charge in [-0.2, -0.15) is 0 Å². The number of H-pyrrole nitrogens is 1. The first-order valence-electron chi connectivity index (χ1n) is 15.3. The van der Waals surface area contributed by atoms with Crippen LogP contribution in [-0.2, 0) is 16.6 Å². The molecule has 0 saturated carbocycles. The normalized spacial score (nSPS) is 12.7. The van der Waals surface area contributed by atoms with Gasteiger partial charge in [-0.05, 0) is 119 Å². The van der Waals surface area contributed by atoms with Crippen molar-refractivity contribution in [1.29, 1.82) is 0 Å². The molecule has 0 bridgehead atoms. The number of carbonyl (C=O) groups excluding carboxylic acids is 1. The molecule has 42 heavy (non-hydrogen) atoms. The number of nitrogens with one attached hydrogen (secondary N) is 2. The second-order valence-electron chi connectivity index (χ2n) is 12.2. The predicted octanol–water partition coefficient (Wildman–Crippen LogP) is 7.18. The number of aromatic amines is 1. The zero-order valence-corrected chi connectivity index (χ0v) is 26.2. The SMILES string of the molecule is CCN(CC)C(=O)C(C)(C)c1ccc2[nH]c(-c3cc(C)cc(C)c3)c([C@H](C)CNCCc3ccn4ccnc4c3)c2c1. The lowest BCUT2D eigenvalue weighted by molar-refractivity contribution is -0.135. The van der Waals surface area contributed by atoms with E-state index in [1.807, 2.05) is 35.5 Å². The van der Waals surface area contributed by atoms with E-state index >= 15 is 0 Å². The van der Waals surface area contributed by atoms with Crippen LogP contribution in [0.25, 0.3) is 27.8 Å². The van der Waals surface area contributed by atoms with Gasteiger partial charge in [-0.3, -0.25) is 4.79 Å². The number of aryl methyl sites for hydroxylation is 2. The largest absolute Gasteiger partial charge is 0.354 e. The van der Waals surface area contributed by atoms with E-state index in [9.17, 15) is 4.79 Å². The average Bonchev–Trinajstić information content (AvgIpc) is 3.59. The smallest absolute Gasteiger partial charge is 0.232 e. The van der Waals surface area contributed by atoms with Gasteiger partial charge < -0.3 is 19.6 Å². The zero-order chi connectivity index (χ0) is 30.0. The van der Waals surface area contributed by atoms with Crippen molar-refractivity contribution in [3.8, 4) is 11.3 Å². The third-order valence-electron chi connectivity index (χ3n) is 8.65. The van der Waals surface area contributed by atoms with Crippen LogP contribution in [-0.4, -0.2) is 51.4 Å². The van der Waals surface area contributed by atoms with Crippen molar-refractivity contribution in [2.24, 2.45) is 0 Å². The van der Waals surface area contributed by atoms with E-state index in [1.165, 1.54) is 38.9 Å². The summed E-state index contributed by atoms with van der Waals surface area (Å²) in [4.78, 5) is 23.7. The van der Waals surface area contributed by atoms with Crippen molar-refractivity contribution in [1.82, 2.24) is 24.6 Å². The van der Waals surface area contributed by atoms with Gasteiger partial charge in [-0.1, -0.05) is 30.2 Å². The number of pyridine rings is 1. The Kier molecular flexibility index (Phi) is 8.55. The van der Waals surface area contributed by atoms with Crippen LogP contribution >= 0.6 is 0 Å². The number of rotatable bonds is 11. The van der Waals surface area contributed by atoms with E-state index < -0.39 is 5.41 Å². The minimum absolute atomic E-state index is 0.168. The Labute approximate surface area is 250 Å². The molecule has 0 aliphatic rings. The summed E-state index contributed by atoms with van der Waals surface area (Å²) in [6, 6.07) is 17.6. The molecule has 0 saturated heterocycles. The maximum atomic E-state index is 13.5. The van der Waals surface area contributed by atoms with Crippen LogP contribution in [0.1, 0.15) is 68.4 Å². The zero-order valence-electron chi connectivity index (χ0n) is 26.2. The van der Waals surface area contributed by atoms with E-state index in [4.69, 9.17) is 0 Å². The van der Waals surface area contributed by atoms with Crippen molar-refractivity contribution in [2.75, 3.05) is 26.2 Å². The molecule has 0 radical (unpaired) electrons. The fourth-order valence-electron chi connectivity index (χ4n) is 6.25. The molecule has 6 nitrogen and oxygen atoms in total. The molecule has 2 aromatic carbocycles. The molecule has 0 spiro atoms. The average molecular weight is 564 g/mol. The second-order valence-corrected chi connectivity index (χ2v) is 12.2. The number of nitrogens with zero attached hydrogens (tertiary/aromatic N) is 3. The van der Waals surface area contributed by atoms with Crippen LogP contribution in [0.3, 0.4) is 0 Å². The molecule has 3 heterocycles. The maximum Gasteiger partial charge on any atom is 0.232 e. The Morgan fingerprint density at radius 2 is 1.76 bits per heavy atom. The van der Waals surface area contributed by atoms with Crippen molar-refractivity contribution < 1.29 is 4.79 Å². The minimum atomic E-state index is -0.619. The first-order valence-corrected chi connectivity index (χ1v) is 15.3. The van der Waals surface area contributed by atoms with Crippen LogP contribution in [0.4, 0.5) is 0 Å². The van der Waals surface area contributed by atoms with Crippen LogP contribution in [0.2, 0.25) is 0 Å². The lowest BCUT2D eigenvalue weighted by Crippen LogP contribution is -2.43. The Morgan fingerprint density at radius 1 is 1.02 bits per heavy atom. The fourth-order valence-corrected chi connectivity index (χ4v) is 6.25. The number of carbonyl (C=O) groups is 1. The Hall–Kier alpha value is -3.90. The molecule has 0 aliphatic carbocycles. The number of fused-ring (bicyclic) bond motifs is 2. The van der Waals surface area contributed by atoms with Crippen molar-refractivity contribution in [3.05, 3.63) is 94.9 Å². The summed E-state index contributed by atoms with van der Waals surface area (Å²) in [5.74, 6) is 0.419. The molecule has 220 valence electrons. The van der Waals surface area contributed by atoms with Gasteiger partial charge in [0.15, 0.2) is 0 Å². The molecule has 2 N–H and O–H groups in total. The Morgan fingerprint density at radius 3 is 2.48 bits per heavy atom. The van der Waals surface area contributed by atoms with Gasteiger partial charge in [0.25, 0.3) is 0 Å². The summed E-state index contributed by atoms with van der Waals surface area (Å²) in [5.41, 5.74) is 9.98. The first kappa shape index (κ1) is 29.6. The molecule has 5 aromatic rings. The molecule has 0 fully saturated rings. The molecule has 3 aromatic heterocycles. The van der Waals surface area contributed by atoms with E-state index in [0.717, 1.165) is 36.2 Å². The third kappa shape index (κ3) is 5.86. The summed E-state index contributed by atoms with van der Waals surface area (Å²) in [5, 5.41) is 4.92. The standard InChI is InChI=1S/C36H45N5O/c1-8-40(9-2)35(42)36(6,7)29-10-11-31-30(22-29)33(34(39-31)28-19-24(3)18-25(4)20-28)26(5)23-37-14-12-27-13-16-41-17-15-38-32(41)21-27/h10-11,13,15-22,26,37,39H,8-9,12,14,23H2,1-7H3/t26-/m1/s1. The molecular weight excluding hydrogens is 518 g/mol. The molecule has 1 amide bonds. The van der Waals surface area contributed by atoms with Gasteiger partial charge >= 0.3 is 0 Å². The van der Waals surface area contributed by atoms with E-state index in [-0.39, 0.29) is 11.8 Å². The number of benzene rings is 2. The highest BCUT2D eigenvalue weighted by Gasteiger charge is 2.33. The molecule has 5 rings (SSSR count). The number of hydrogen-bond acceptors (Lipinski definition) is 3. The highest BCUT2D eigenvalue weighted by molar-refractivity contribution is 5.94. The lowest BCUT2D eigenvalue weighted by atomic mass is 9.81. The Balaban J connectivity index is 1.46. The number of amides is 1. The maximum absolute atomic E-state index is 13.5. The van der Waals surface area contributed by atoms with Gasteiger partial charge in [-0.25, -0.2) is 4.98 Å². The van der Waals surface area contributed by atoms with Crippen molar-refractivity contribution >= 4 is 22.5 Å². The number of aromatic nitrogens is 3. The van der Waals surface area contributed by atoms with Gasteiger partial charge in [0, 0.05) is 49.1 Å². The van der Waals surface area contributed by atoms with Crippen LogP contribution in [0, 0.1) is 13.8 Å². The van der Waals surface area contributed by atoms with Gasteiger partial charge in [0.05, 0.1) is 11.1 Å². The summed E-state index contributed by atoms with van der Waals surface area (Å²) in [7, 11) is 0. The van der Waals surface area contributed by atoms with Crippen molar-refractivity contribution in [3.63, 3.8) is 0 Å². The number of imidazole rings is 1. The second kappa shape index (κ2) is 12.1. The number of hydrogen-bond donors (Lipinski definition) is 2. The summed E-state index contributed by atoms with van der Waals surface area (Å²) in [6.45, 7) is 18.0. The van der Waals surface area contributed by atoms with E-state index in [0.29, 0.717) is 13.1 Å². The third-order valence-corrected chi connectivity index (χ3v) is 8.65. The summed E-state index contributed by atoms with van der Waals surface area (Å²) >= 11 is 0. The molecule has 0 unspecified atom stereocenters.